The summed E-state index contributed by atoms with van der Waals surface area (Å²) in [5.41, 5.74) is 2.99. The number of hydrogen-bond donors (Lipinski definition) is 0. The third-order valence-electron chi connectivity index (χ3n) is 6.79. The van der Waals surface area contributed by atoms with Gasteiger partial charge in [0.25, 0.3) is 5.56 Å². The summed E-state index contributed by atoms with van der Waals surface area (Å²) in [5.74, 6) is 1.28. The van der Waals surface area contributed by atoms with Gasteiger partial charge in [-0.2, -0.15) is 0 Å². The molecule has 0 N–H and O–H groups in total. The van der Waals surface area contributed by atoms with Gasteiger partial charge in [-0.15, -0.1) is 0 Å². The molecule has 0 spiro atoms. The molecule has 43 heavy (non-hydrogen) atoms. The normalized spacial score (nSPS) is 14.6. The van der Waals surface area contributed by atoms with Crippen LogP contribution in [0, 0.1) is 0 Å². The van der Waals surface area contributed by atoms with Crippen LogP contribution in [0.3, 0.4) is 0 Å². The standard InChI is InChI=1S/C33H31ClN2O6S/c1-5-40-25-13-11-23(12-14-25)30-29(32(38)41-6-2)20(3)35-33-36(30)31(37)28(43-33)18-21-10-15-26(27(17-21)39-4)42-19-22-8-7-9-24(34)16-22/h7-18,30H,5-6,19H2,1-4H3/b28-18-/t30-/m1/s1. The molecular formula is C33H31ClN2O6S. The van der Waals surface area contributed by atoms with Gasteiger partial charge < -0.3 is 18.9 Å². The molecule has 1 aliphatic heterocycles. The number of fused-ring (bicyclic) bond motifs is 1. The number of rotatable bonds is 10. The molecule has 2 heterocycles. The number of methoxy groups -OCH3 is 1. The monoisotopic (exact) mass is 618 g/mol. The Hall–Kier alpha value is -4.34. The van der Waals surface area contributed by atoms with Gasteiger partial charge in [-0.3, -0.25) is 9.36 Å². The van der Waals surface area contributed by atoms with Gasteiger partial charge in [0, 0.05) is 5.02 Å². The Balaban J connectivity index is 1.53. The van der Waals surface area contributed by atoms with E-state index in [-0.39, 0.29) is 12.2 Å². The molecule has 8 nitrogen and oxygen atoms in total. The van der Waals surface area contributed by atoms with Crippen LogP contribution in [0.4, 0.5) is 0 Å². The van der Waals surface area contributed by atoms with Crippen LogP contribution in [0.5, 0.6) is 17.2 Å². The third-order valence-corrected chi connectivity index (χ3v) is 8.01. The average molecular weight is 619 g/mol. The highest BCUT2D eigenvalue weighted by atomic mass is 35.5. The highest BCUT2D eigenvalue weighted by Crippen LogP contribution is 2.32. The molecular weight excluding hydrogens is 588 g/mol. The van der Waals surface area contributed by atoms with Gasteiger partial charge in [0.1, 0.15) is 12.4 Å². The maximum atomic E-state index is 13.9. The zero-order valence-corrected chi connectivity index (χ0v) is 25.8. The molecule has 4 aromatic rings. The lowest BCUT2D eigenvalue weighted by Gasteiger charge is -2.24. The first-order valence-electron chi connectivity index (χ1n) is 13.8. The van der Waals surface area contributed by atoms with Crippen LogP contribution in [-0.4, -0.2) is 30.9 Å². The maximum Gasteiger partial charge on any atom is 0.338 e. The van der Waals surface area contributed by atoms with Gasteiger partial charge in [-0.05, 0) is 79.9 Å². The molecule has 10 heteroatoms. The number of esters is 1. The zero-order chi connectivity index (χ0) is 30.5. The number of benzene rings is 3. The van der Waals surface area contributed by atoms with Crippen molar-refractivity contribution in [1.29, 1.82) is 0 Å². The van der Waals surface area contributed by atoms with E-state index < -0.39 is 12.0 Å². The van der Waals surface area contributed by atoms with Crippen molar-refractivity contribution in [3.8, 4) is 17.2 Å². The van der Waals surface area contributed by atoms with Gasteiger partial charge in [-0.25, -0.2) is 9.79 Å². The highest BCUT2D eigenvalue weighted by molar-refractivity contribution is 7.07. The summed E-state index contributed by atoms with van der Waals surface area (Å²) in [5, 5.41) is 0.638. The summed E-state index contributed by atoms with van der Waals surface area (Å²) in [6, 6.07) is 19.6. The number of allylic oxidation sites excluding steroid dienone is 1. The Morgan fingerprint density at radius 2 is 1.81 bits per heavy atom. The van der Waals surface area contributed by atoms with Crippen molar-refractivity contribution in [1.82, 2.24) is 4.57 Å². The zero-order valence-electron chi connectivity index (χ0n) is 24.3. The first kappa shape index (κ1) is 30.1. The Morgan fingerprint density at radius 3 is 2.51 bits per heavy atom. The van der Waals surface area contributed by atoms with Gasteiger partial charge in [0.15, 0.2) is 16.3 Å². The summed E-state index contributed by atoms with van der Waals surface area (Å²) in [4.78, 5) is 32.2. The second-order valence-corrected chi connectivity index (χ2v) is 11.1. The lowest BCUT2D eigenvalue weighted by atomic mass is 9.96. The summed E-state index contributed by atoms with van der Waals surface area (Å²) >= 11 is 7.35. The number of hydrogen-bond acceptors (Lipinski definition) is 8. The Labute approximate surface area is 258 Å². The minimum atomic E-state index is -0.704. The van der Waals surface area contributed by atoms with Crippen LogP contribution < -0.4 is 29.1 Å². The summed E-state index contributed by atoms with van der Waals surface area (Å²) in [7, 11) is 1.57. The van der Waals surface area contributed by atoms with E-state index in [1.165, 1.54) is 11.3 Å². The van der Waals surface area contributed by atoms with Crippen molar-refractivity contribution < 1.29 is 23.7 Å². The molecule has 222 valence electrons. The van der Waals surface area contributed by atoms with E-state index in [2.05, 4.69) is 4.99 Å². The van der Waals surface area contributed by atoms with E-state index in [0.29, 0.717) is 56.1 Å². The van der Waals surface area contributed by atoms with E-state index in [4.69, 9.17) is 30.5 Å². The Morgan fingerprint density at radius 1 is 1.02 bits per heavy atom. The number of aromatic nitrogens is 1. The van der Waals surface area contributed by atoms with Gasteiger partial charge >= 0.3 is 5.97 Å². The fourth-order valence-corrected chi connectivity index (χ4v) is 6.11. The lowest BCUT2D eigenvalue weighted by Crippen LogP contribution is -2.39. The van der Waals surface area contributed by atoms with Crippen molar-refractivity contribution in [3.05, 3.63) is 119 Å². The van der Waals surface area contributed by atoms with Crippen molar-refractivity contribution in [3.63, 3.8) is 0 Å². The first-order valence-corrected chi connectivity index (χ1v) is 15.0. The number of thiazole rings is 1. The van der Waals surface area contributed by atoms with Crippen LogP contribution in [0.25, 0.3) is 6.08 Å². The van der Waals surface area contributed by atoms with E-state index in [9.17, 15) is 9.59 Å². The number of nitrogens with zero attached hydrogens (tertiary/aromatic N) is 2. The Kier molecular flexibility index (Phi) is 9.33. The van der Waals surface area contributed by atoms with Crippen molar-refractivity contribution >= 4 is 35.0 Å². The molecule has 5 rings (SSSR count). The minimum absolute atomic E-state index is 0.205. The van der Waals surface area contributed by atoms with Gasteiger partial charge in [-0.1, -0.05) is 53.3 Å². The van der Waals surface area contributed by atoms with Gasteiger partial charge in [0.05, 0.1) is 42.2 Å². The van der Waals surface area contributed by atoms with Crippen LogP contribution in [0.1, 0.15) is 43.5 Å². The third kappa shape index (κ3) is 6.53. The average Bonchev–Trinajstić information content (AvgIpc) is 3.30. The maximum absolute atomic E-state index is 13.9. The number of carbonyl (C=O) groups is 1. The van der Waals surface area contributed by atoms with E-state index in [1.807, 2.05) is 67.6 Å². The summed E-state index contributed by atoms with van der Waals surface area (Å²) < 4.78 is 24.6. The number of carbonyl (C=O) groups excluding carboxylic acids is 1. The summed E-state index contributed by atoms with van der Waals surface area (Å²) in [6.45, 7) is 6.48. The molecule has 0 amide bonds. The smallest absolute Gasteiger partial charge is 0.338 e. The topological polar surface area (TPSA) is 88.4 Å². The molecule has 0 radical (unpaired) electrons. The summed E-state index contributed by atoms with van der Waals surface area (Å²) in [6.07, 6.45) is 1.78. The van der Waals surface area contributed by atoms with Crippen LogP contribution in [0.2, 0.25) is 5.02 Å². The van der Waals surface area contributed by atoms with E-state index >= 15 is 0 Å². The van der Waals surface area contributed by atoms with Crippen molar-refractivity contribution in [2.45, 2.75) is 33.4 Å². The highest BCUT2D eigenvalue weighted by Gasteiger charge is 2.33. The van der Waals surface area contributed by atoms with Gasteiger partial charge in [0.2, 0.25) is 0 Å². The second kappa shape index (κ2) is 13.3. The fraction of sp³-hybridized carbons (Fsp3) is 0.242. The number of halogens is 1. The minimum Gasteiger partial charge on any atom is -0.494 e. The predicted molar refractivity (Wildman–Crippen MR) is 167 cm³/mol. The molecule has 0 aliphatic carbocycles. The predicted octanol–water partition coefficient (Wildman–Crippen LogP) is 5.44. The SMILES string of the molecule is CCOC(=O)C1=C(C)N=c2s/c(=C\c3ccc(OCc4cccc(Cl)c4)c(OC)c3)c(=O)n2[C@@H]1c1ccc(OCC)cc1. The molecule has 1 aromatic heterocycles. The molecule has 0 saturated carbocycles. The number of ether oxygens (including phenoxy) is 4. The molecule has 3 aromatic carbocycles. The Bertz CT molecular complexity index is 1860. The van der Waals surface area contributed by atoms with E-state index in [0.717, 1.165) is 16.7 Å². The molecule has 0 bridgehead atoms. The fourth-order valence-electron chi connectivity index (χ4n) is 4.85. The largest absolute Gasteiger partial charge is 0.494 e. The van der Waals surface area contributed by atoms with Crippen molar-refractivity contribution in [2.75, 3.05) is 20.3 Å². The molecule has 1 atom stereocenters. The van der Waals surface area contributed by atoms with E-state index in [1.54, 1.807) is 37.7 Å². The lowest BCUT2D eigenvalue weighted by molar-refractivity contribution is -0.139. The molecule has 1 aliphatic rings. The molecule has 0 unspecified atom stereocenters. The van der Waals surface area contributed by atoms with Crippen LogP contribution in [0.15, 0.2) is 87.8 Å². The molecule has 0 saturated heterocycles. The second-order valence-electron chi connectivity index (χ2n) is 9.63. The van der Waals surface area contributed by atoms with Crippen molar-refractivity contribution in [2.24, 2.45) is 4.99 Å². The molecule has 0 fully saturated rings. The van der Waals surface area contributed by atoms with Crippen LogP contribution >= 0.6 is 22.9 Å². The van der Waals surface area contributed by atoms with Crippen LogP contribution in [-0.2, 0) is 16.1 Å². The quantitative estimate of drug-likeness (QED) is 0.220. The first-order chi connectivity index (χ1) is 20.8.